The number of aliphatic carboxylic acids is 1. The fourth-order valence-electron chi connectivity index (χ4n) is 1.54. The summed E-state index contributed by atoms with van der Waals surface area (Å²) in [7, 11) is 0. The van der Waals surface area contributed by atoms with Gasteiger partial charge in [-0.1, -0.05) is 6.42 Å². The third-order valence-electron chi connectivity index (χ3n) is 2.55. The number of rotatable bonds is 2. The summed E-state index contributed by atoms with van der Waals surface area (Å²) in [6.07, 6.45) is 2.11. The summed E-state index contributed by atoms with van der Waals surface area (Å²) in [6, 6.07) is 0. The fourth-order valence-corrected chi connectivity index (χ4v) is 1.54. The maximum absolute atomic E-state index is 11.0. The fraction of sp³-hybridized carbons (Fsp3) is 0.625. The molecule has 0 aliphatic heterocycles. The van der Waals surface area contributed by atoms with E-state index < -0.39 is 11.4 Å². The number of aryl methyl sites for hydroxylation is 1. The van der Waals surface area contributed by atoms with E-state index >= 15 is 0 Å². The van der Waals surface area contributed by atoms with Crippen LogP contribution in [-0.2, 0) is 10.2 Å². The molecular weight excluding hydrogens is 172 g/mol. The van der Waals surface area contributed by atoms with Gasteiger partial charge in [0.05, 0.1) is 0 Å². The van der Waals surface area contributed by atoms with Gasteiger partial charge in [0.15, 0.2) is 0 Å². The highest BCUT2D eigenvalue weighted by Crippen LogP contribution is 2.43. The van der Waals surface area contributed by atoms with Crippen molar-refractivity contribution in [2.75, 3.05) is 0 Å². The van der Waals surface area contributed by atoms with Crippen molar-refractivity contribution in [2.45, 2.75) is 31.6 Å². The van der Waals surface area contributed by atoms with Gasteiger partial charge in [0.1, 0.15) is 5.41 Å². The van der Waals surface area contributed by atoms with Gasteiger partial charge in [0.25, 0.3) is 0 Å². The Morgan fingerprint density at radius 2 is 2.23 bits per heavy atom. The second kappa shape index (κ2) is 2.55. The van der Waals surface area contributed by atoms with Crippen LogP contribution < -0.4 is 0 Å². The Hall–Kier alpha value is -1.39. The Morgan fingerprint density at radius 3 is 2.54 bits per heavy atom. The quantitative estimate of drug-likeness (QED) is 0.734. The van der Waals surface area contributed by atoms with E-state index in [0.717, 1.165) is 6.42 Å². The zero-order valence-corrected chi connectivity index (χ0v) is 7.28. The monoisotopic (exact) mass is 182 g/mol. The molecule has 13 heavy (non-hydrogen) atoms. The molecule has 1 N–H and O–H groups in total. The molecule has 0 spiro atoms. The van der Waals surface area contributed by atoms with Crippen molar-refractivity contribution >= 4 is 5.97 Å². The van der Waals surface area contributed by atoms with Crippen molar-refractivity contribution in [3.8, 4) is 0 Å². The third kappa shape index (κ3) is 1.03. The van der Waals surface area contributed by atoms with E-state index in [4.69, 9.17) is 9.52 Å². The summed E-state index contributed by atoms with van der Waals surface area (Å²) in [5.41, 5.74) is -0.888. The average Bonchev–Trinajstić information content (AvgIpc) is 2.32. The van der Waals surface area contributed by atoms with Crippen molar-refractivity contribution in [3.05, 3.63) is 11.8 Å². The lowest BCUT2D eigenvalue weighted by Gasteiger charge is -2.33. The molecule has 0 aromatic carbocycles. The Balaban J connectivity index is 2.37. The van der Waals surface area contributed by atoms with Gasteiger partial charge in [-0.3, -0.25) is 4.79 Å². The predicted octanol–water partition coefficient (Wildman–Crippen LogP) is 0.884. The molecule has 1 aliphatic carbocycles. The molecule has 1 heterocycles. The Kier molecular flexibility index (Phi) is 1.61. The van der Waals surface area contributed by atoms with E-state index in [0.29, 0.717) is 18.7 Å². The van der Waals surface area contributed by atoms with Crippen molar-refractivity contribution in [1.29, 1.82) is 0 Å². The summed E-state index contributed by atoms with van der Waals surface area (Å²) in [5, 5.41) is 16.4. The predicted molar refractivity (Wildman–Crippen MR) is 42.2 cm³/mol. The van der Waals surface area contributed by atoms with Gasteiger partial charge in [-0.05, 0) is 12.8 Å². The zero-order chi connectivity index (χ0) is 9.47. The van der Waals surface area contributed by atoms with Crippen LogP contribution in [0.1, 0.15) is 31.0 Å². The topological polar surface area (TPSA) is 76.2 Å². The van der Waals surface area contributed by atoms with Gasteiger partial charge in [-0.25, -0.2) is 0 Å². The van der Waals surface area contributed by atoms with Crippen LogP contribution in [0.4, 0.5) is 0 Å². The molecule has 0 unspecified atom stereocenters. The molecule has 1 aromatic heterocycles. The average molecular weight is 182 g/mol. The van der Waals surface area contributed by atoms with Crippen molar-refractivity contribution in [2.24, 2.45) is 0 Å². The van der Waals surface area contributed by atoms with Gasteiger partial charge in [-0.15, -0.1) is 10.2 Å². The van der Waals surface area contributed by atoms with Crippen LogP contribution >= 0.6 is 0 Å². The number of carboxylic acids is 1. The smallest absolute Gasteiger partial charge is 0.319 e. The van der Waals surface area contributed by atoms with Crippen LogP contribution in [0.3, 0.4) is 0 Å². The molecule has 0 saturated heterocycles. The van der Waals surface area contributed by atoms with Crippen LogP contribution in [0.25, 0.3) is 0 Å². The van der Waals surface area contributed by atoms with Crippen molar-refractivity contribution < 1.29 is 14.3 Å². The first-order chi connectivity index (χ1) is 6.15. The minimum absolute atomic E-state index is 0.253. The molecule has 1 fully saturated rings. The molecule has 1 aliphatic rings. The standard InChI is InChI=1S/C8H10N2O3/c1-5-9-10-6(13-5)8(7(11)12)3-2-4-8/h2-4H2,1H3,(H,11,12). The highest BCUT2D eigenvalue weighted by Gasteiger charge is 2.50. The summed E-state index contributed by atoms with van der Waals surface area (Å²) in [5.74, 6) is -0.186. The first-order valence-electron chi connectivity index (χ1n) is 4.19. The Labute approximate surface area is 74.8 Å². The largest absolute Gasteiger partial charge is 0.480 e. The SMILES string of the molecule is Cc1nnc(C2(C(=O)O)CCC2)o1. The van der Waals surface area contributed by atoms with Crippen LogP contribution in [-0.4, -0.2) is 21.3 Å². The molecule has 1 aromatic rings. The van der Waals surface area contributed by atoms with Gasteiger partial charge < -0.3 is 9.52 Å². The maximum Gasteiger partial charge on any atom is 0.319 e. The molecule has 0 bridgehead atoms. The highest BCUT2D eigenvalue weighted by molar-refractivity contribution is 5.80. The van der Waals surface area contributed by atoms with Crippen LogP contribution in [0.2, 0.25) is 0 Å². The lowest BCUT2D eigenvalue weighted by molar-refractivity contribution is -0.148. The normalized spacial score (nSPS) is 19.5. The molecule has 5 heteroatoms. The molecular formula is C8H10N2O3. The van der Waals surface area contributed by atoms with Crippen LogP contribution in [0.15, 0.2) is 4.42 Å². The molecule has 0 atom stereocenters. The minimum Gasteiger partial charge on any atom is -0.480 e. The Morgan fingerprint density at radius 1 is 1.54 bits per heavy atom. The van der Waals surface area contributed by atoms with Gasteiger partial charge in [-0.2, -0.15) is 0 Å². The molecule has 0 amide bonds. The second-order valence-electron chi connectivity index (χ2n) is 3.37. The molecule has 1 saturated carbocycles. The molecule has 0 radical (unpaired) electrons. The van der Waals surface area contributed by atoms with Gasteiger partial charge in [0.2, 0.25) is 11.8 Å². The second-order valence-corrected chi connectivity index (χ2v) is 3.37. The number of hydrogen-bond donors (Lipinski definition) is 1. The number of hydrogen-bond acceptors (Lipinski definition) is 4. The summed E-state index contributed by atoms with van der Waals surface area (Å²) >= 11 is 0. The zero-order valence-electron chi connectivity index (χ0n) is 7.28. The van der Waals surface area contributed by atoms with E-state index in [2.05, 4.69) is 10.2 Å². The summed E-state index contributed by atoms with van der Waals surface area (Å²) in [6.45, 7) is 1.66. The van der Waals surface area contributed by atoms with E-state index in [-0.39, 0.29) is 5.89 Å². The van der Waals surface area contributed by atoms with E-state index in [1.807, 2.05) is 0 Å². The lowest BCUT2D eigenvalue weighted by Crippen LogP contribution is -2.42. The molecule has 5 nitrogen and oxygen atoms in total. The van der Waals surface area contributed by atoms with Crippen molar-refractivity contribution in [3.63, 3.8) is 0 Å². The summed E-state index contributed by atoms with van der Waals surface area (Å²) in [4.78, 5) is 11.0. The molecule has 2 rings (SSSR count). The van der Waals surface area contributed by atoms with Crippen LogP contribution in [0, 0.1) is 6.92 Å². The minimum atomic E-state index is -0.888. The molecule has 70 valence electrons. The van der Waals surface area contributed by atoms with E-state index in [1.54, 1.807) is 6.92 Å². The first kappa shape index (κ1) is 8.22. The maximum atomic E-state index is 11.0. The Bertz CT molecular complexity index is 341. The number of aromatic nitrogens is 2. The van der Waals surface area contributed by atoms with E-state index in [1.165, 1.54) is 0 Å². The van der Waals surface area contributed by atoms with Crippen LogP contribution in [0.5, 0.6) is 0 Å². The summed E-state index contributed by atoms with van der Waals surface area (Å²) < 4.78 is 5.15. The van der Waals surface area contributed by atoms with Gasteiger partial charge >= 0.3 is 5.97 Å². The van der Waals surface area contributed by atoms with Gasteiger partial charge in [0, 0.05) is 6.92 Å². The number of carboxylic acid groups (broad SMARTS) is 1. The van der Waals surface area contributed by atoms with Crippen molar-refractivity contribution in [1.82, 2.24) is 10.2 Å². The lowest BCUT2D eigenvalue weighted by atomic mass is 9.69. The highest BCUT2D eigenvalue weighted by atomic mass is 16.4. The first-order valence-corrected chi connectivity index (χ1v) is 4.19. The number of carbonyl (C=O) groups is 1. The third-order valence-corrected chi connectivity index (χ3v) is 2.55. The van der Waals surface area contributed by atoms with E-state index in [9.17, 15) is 4.79 Å². The number of nitrogens with zero attached hydrogens (tertiary/aromatic N) is 2.